The molecule has 1 unspecified atom stereocenters. The molecule has 0 saturated carbocycles. The van der Waals surface area contributed by atoms with E-state index in [2.05, 4.69) is 32.7 Å². The first-order chi connectivity index (χ1) is 5.80. The van der Waals surface area contributed by atoms with Gasteiger partial charge in [-0.3, -0.25) is 4.99 Å². The van der Waals surface area contributed by atoms with Gasteiger partial charge in [0.2, 0.25) is 0 Å². The van der Waals surface area contributed by atoms with Gasteiger partial charge in [0.05, 0.1) is 0 Å². The minimum atomic E-state index is 0.225. The monoisotopic (exact) mass is 185 g/mol. The fraction of sp³-hybridized carbons (Fsp3) is 0.900. The molecule has 0 spiro atoms. The maximum absolute atomic E-state index is 5.80. The van der Waals surface area contributed by atoms with E-state index in [1.807, 2.05) is 18.9 Å². The van der Waals surface area contributed by atoms with Crippen LogP contribution in [0.25, 0.3) is 0 Å². The topological polar surface area (TPSA) is 41.6 Å². The molecule has 3 nitrogen and oxygen atoms in total. The quantitative estimate of drug-likeness (QED) is 0.525. The SMILES string of the molecule is CCN=C(N)N(C)C(C)C(C)(C)C. The summed E-state index contributed by atoms with van der Waals surface area (Å²) in [7, 11) is 1.99. The number of nitrogens with two attached hydrogens (primary N) is 1. The van der Waals surface area contributed by atoms with E-state index >= 15 is 0 Å². The fourth-order valence-electron chi connectivity index (χ4n) is 1.05. The van der Waals surface area contributed by atoms with E-state index in [9.17, 15) is 0 Å². The van der Waals surface area contributed by atoms with Gasteiger partial charge in [0.25, 0.3) is 0 Å². The molecular formula is C10H23N3. The predicted molar refractivity (Wildman–Crippen MR) is 58.8 cm³/mol. The number of guanidine groups is 1. The fourth-order valence-corrected chi connectivity index (χ4v) is 1.05. The third kappa shape index (κ3) is 3.66. The first-order valence-corrected chi connectivity index (χ1v) is 4.83. The molecule has 0 aliphatic heterocycles. The molecular weight excluding hydrogens is 162 g/mol. The average Bonchev–Trinajstić information content (AvgIpc) is 2.00. The summed E-state index contributed by atoms with van der Waals surface area (Å²) >= 11 is 0. The van der Waals surface area contributed by atoms with Gasteiger partial charge < -0.3 is 10.6 Å². The minimum Gasteiger partial charge on any atom is -0.370 e. The van der Waals surface area contributed by atoms with Gasteiger partial charge in [0.15, 0.2) is 5.96 Å². The molecule has 13 heavy (non-hydrogen) atoms. The van der Waals surface area contributed by atoms with E-state index in [4.69, 9.17) is 5.73 Å². The summed E-state index contributed by atoms with van der Waals surface area (Å²) in [6.45, 7) is 11.5. The standard InChI is InChI=1S/C10H23N3/c1-7-12-9(11)13(6)8(2)10(3,4)5/h8H,7H2,1-6H3,(H2,11,12). The van der Waals surface area contributed by atoms with Crippen molar-refractivity contribution in [3.8, 4) is 0 Å². The largest absolute Gasteiger partial charge is 0.370 e. The Balaban J connectivity index is 4.43. The Morgan fingerprint density at radius 1 is 1.46 bits per heavy atom. The zero-order valence-corrected chi connectivity index (χ0v) is 9.76. The van der Waals surface area contributed by atoms with Crippen LogP contribution in [0.3, 0.4) is 0 Å². The molecule has 0 heterocycles. The van der Waals surface area contributed by atoms with E-state index in [1.54, 1.807) is 0 Å². The second-order valence-corrected chi connectivity index (χ2v) is 4.49. The Hall–Kier alpha value is -0.730. The van der Waals surface area contributed by atoms with Crippen molar-refractivity contribution in [3.63, 3.8) is 0 Å². The van der Waals surface area contributed by atoms with Crippen LogP contribution in [0.1, 0.15) is 34.6 Å². The van der Waals surface area contributed by atoms with Crippen molar-refractivity contribution in [3.05, 3.63) is 0 Å². The van der Waals surface area contributed by atoms with Gasteiger partial charge in [-0.25, -0.2) is 0 Å². The minimum absolute atomic E-state index is 0.225. The predicted octanol–water partition coefficient (Wildman–Crippen LogP) is 1.69. The molecule has 0 rings (SSSR count). The Labute approximate surface area is 82.0 Å². The number of nitrogens with zero attached hydrogens (tertiary/aromatic N) is 2. The normalized spacial score (nSPS) is 15.7. The second-order valence-electron chi connectivity index (χ2n) is 4.49. The van der Waals surface area contributed by atoms with Crippen LogP contribution in [0, 0.1) is 5.41 Å². The molecule has 0 radical (unpaired) electrons. The molecule has 2 N–H and O–H groups in total. The molecule has 0 aromatic rings. The van der Waals surface area contributed by atoms with Crippen LogP contribution in [0.2, 0.25) is 0 Å². The highest BCUT2D eigenvalue weighted by atomic mass is 15.3. The summed E-state index contributed by atoms with van der Waals surface area (Å²) in [5.41, 5.74) is 6.03. The molecule has 3 heteroatoms. The molecule has 0 aromatic carbocycles. The van der Waals surface area contributed by atoms with E-state index in [0.29, 0.717) is 12.0 Å². The van der Waals surface area contributed by atoms with Gasteiger partial charge in [-0.1, -0.05) is 20.8 Å². The van der Waals surface area contributed by atoms with Gasteiger partial charge in [-0.15, -0.1) is 0 Å². The molecule has 0 fully saturated rings. The number of rotatable bonds is 2. The Morgan fingerprint density at radius 2 is 1.92 bits per heavy atom. The molecule has 0 aliphatic rings. The lowest BCUT2D eigenvalue weighted by molar-refractivity contribution is 0.206. The highest BCUT2D eigenvalue weighted by molar-refractivity contribution is 5.78. The van der Waals surface area contributed by atoms with Crippen LogP contribution in [0.5, 0.6) is 0 Å². The Kier molecular flexibility index (Phi) is 4.24. The average molecular weight is 185 g/mol. The zero-order chi connectivity index (χ0) is 10.6. The first kappa shape index (κ1) is 12.3. The van der Waals surface area contributed by atoms with Gasteiger partial charge in [0.1, 0.15) is 0 Å². The summed E-state index contributed by atoms with van der Waals surface area (Å²) in [6.07, 6.45) is 0. The number of aliphatic imine (C=N–C) groups is 1. The van der Waals surface area contributed by atoms with Crippen LogP contribution in [-0.4, -0.2) is 30.5 Å². The smallest absolute Gasteiger partial charge is 0.191 e. The van der Waals surface area contributed by atoms with Gasteiger partial charge in [-0.2, -0.15) is 0 Å². The summed E-state index contributed by atoms with van der Waals surface area (Å²) in [4.78, 5) is 6.21. The maximum atomic E-state index is 5.80. The van der Waals surface area contributed by atoms with Crippen molar-refractivity contribution in [1.29, 1.82) is 0 Å². The van der Waals surface area contributed by atoms with Crippen LogP contribution in [-0.2, 0) is 0 Å². The molecule has 0 aromatic heterocycles. The van der Waals surface area contributed by atoms with Gasteiger partial charge in [-0.05, 0) is 19.3 Å². The number of hydrogen-bond acceptors (Lipinski definition) is 1. The van der Waals surface area contributed by atoms with Crippen LogP contribution < -0.4 is 5.73 Å². The highest BCUT2D eigenvalue weighted by Gasteiger charge is 2.24. The first-order valence-electron chi connectivity index (χ1n) is 4.83. The number of hydrogen-bond donors (Lipinski definition) is 1. The van der Waals surface area contributed by atoms with Crippen molar-refractivity contribution in [2.45, 2.75) is 40.7 Å². The maximum Gasteiger partial charge on any atom is 0.191 e. The lowest BCUT2D eigenvalue weighted by Crippen LogP contribution is -2.46. The van der Waals surface area contributed by atoms with Crippen LogP contribution in [0.15, 0.2) is 4.99 Å². The van der Waals surface area contributed by atoms with E-state index in [1.165, 1.54) is 0 Å². The van der Waals surface area contributed by atoms with E-state index in [-0.39, 0.29) is 5.41 Å². The summed E-state index contributed by atoms with van der Waals surface area (Å²) < 4.78 is 0. The zero-order valence-electron chi connectivity index (χ0n) is 9.76. The summed E-state index contributed by atoms with van der Waals surface area (Å²) in [6, 6.07) is 0.391. The molecule has 0 saturated heterocycles. The second kappa shape index (κ2) is 4.49. The van der Waals surface area contributed by atoms with Crippen molar-refractivity contribution >= 4 is 5.96 Å². The lowest BCUT2D eigenvalue weighted by Gasteiger charge is -2.35. The Bertz CT molecular complexity index is 179. The van der Waals surface area contributed by atoms with Gasteiger partial charge in [0, 0.05) is 19.6 Å². The van der Waals surface area contributed by atoms with Crippen LogP contribution in [0.4, 0.5) is 0 Å². The molecule has 0 aliphatic carbocycles. The van der Waals surface area contributed by atoms with Gasteiger partial charge >= 0.3 is 0 Å². The van der Waals surface area contributed by atoms with Crippen molar-refractivity contribution in [2.75, 3.05) is 13.6 Å². The van der Waals surface area contributed by atoms with Crippen molar-refractivity contribution in [2.24, 2.45) is 16.1 Å². The molecule has 1 atom stereocenters. The van der Waals surface area contributed by atoms with Crippen LogP contribution >= 0.6 is 0 Å². The Morgan fingerprint density at radius 3 is 2.23 bits per heavy atom. The molecule has 78 valence electrons. The van der Waals surface area contributed by atoms with Crippen molar-refractivity contribution in [1.82, 2.24) is 4.90 Å². The third-order valence-corrected chi connectivity index (χ3v) is 2.52. The van der Waals surface area contributed by atoms with E-state index < -0.39 is 0 Å². The summed E-state index contributed by atoms with van der Waals surface area (Å²) in [5.74, 6) is 0.630. The van der Waals surface area contributed by atoms with Crippen molar-refractivity contribution < 1.29 is 0 Å². The summed E-state index contributed by atoms with van der Waals surface area (Å²) in [5, 5.41) is 0. The molecule has 0 amide bonds. The highest BCUT2D eigenvalue weighted by Crippen LogP contribution is 2.22. The molecule has 0 bridgehead atoms. The van der Waals surface area contributed by atoms with E-state index in [0.717, 1.165) is 6.54 Å². The third-order valence-electron chi connectivity index (χ3n) is 2.52. The lowest BCUT2D eigenvalue weighted by atomic mass is 9.87.